The van der Waals surface area contributed by atoms with Crippen molar-refractivity contribution in [2.24, 2.45) is 17.3 Å². The average molecular weight is 668 g/mol. The van der Waals surface area contributed by atoms with Crippen LogP contribution in [0.25, 0.3) is 0 Å². The highest BCUT2D eigenvalue weighted by molar-refractivity contribution is 6.04. The van der Waals surface area contributed by atoms with Crippen LogP contribution < -0.4 is 5.32 Å². The number of nitrogens with zero attached hydrogens (tertiary/aromatic N) is 4. The van der Waals surface area contributed by atoms with Gasteiger partial charge in [0.05, 0.1) is 23.9 Å². The number of urea groups is 1. The number of carbonyl (C=O) groups is 3. The second kappa shape index (κ2) is 16.7. The standard InChI is InChI=1S/C35H65N5O7/c1-23(2)36-33(43)40-15-13-39(14-16-40)21-28-22-45-32(42)34(6,7)30(41)26(5)31(35(8,44-12)19-24(3)20-38(28)11)47-29-18-27(37(9)10)17-25(4)46-29/h23-29,31H,13-22H2,1-12H3,(H,36,43)/t24-,25-,26+,27+,28+,29+,31-,35-/m1/s1. The molecule has 3 aliphatic rings. The summed E-state index contributed by atoms with van der Waals surface area (Å²) in [5.41, 5.74) is -2.22. The van der Waals surface area contributed by atoms with Crippen LogP contribution in [0.2, 0.25) is 0 Å². The molecule has 0 aromatic rings. The Morgan fingerprint density at radius 3 is 2.28 bits per heavy atom. The Labute approximate surface area is 284 Å². The van der Waals surface area contributed by atoms with Crippen LogP contribution in [0.3, 0.4) is 0 Å². The zero-order valence-electron chi connectivity index (χ0n) is 31.3. The summed E-state index contributed by atoms with van der Waals surface area (Å²) in [7, 11) is 7.88. The summed E-state index contributed by atoms with van der Waals surface area (Å²) in [6, 6.07) is 0.247. The molecule has 3 saturated heterocycles. The van der Waals surface area contributed by atoms with Crippen molar-refractivity contribution >= 4 is 17.8 Å². The fraction of sp³-hybridized carbons (Fsp3) is 0.914. The zero-order chi connectivity index (χ0) is 35.3. The van der Waals surface area contributed by atoms with Crippen molar-refractivity contribution in [1.82, 2.24) is 24.9 Å². The summed E-state index contributed by atoms with van der Waals surface area (Å²) in [6.07, 6.45) is 1.06. The minimum atomic E-state index is -1.39. The number of esters is 1. The summed E-state index contributed by atoms with van der Waals surface area (Å²) < 4.78 is 25.3. The summed E-state index contributed by atoms with van der Waals surface area (Å²) >= 11 is 0. The number of ether oxygens (including phenoxy) is 4. The van der Waals surface area contributed by atoms with Gasteiger partial charge in [-0.2, -0.15) is 0 Å². The summed E-state index contributed by atoms with van der Waals surface area (Å²) in [6.45, 7) is 19.7. The van der Waals surface area contributed by atoms with Crippen molar-refractivity contribution in [3.8, 4) is 0 Å². The van der Waals surface area contributed by atoms with Crippen LogP contribution in [0, 0.1) is 17.3 Å². The molecule has 1 N–H and O–H groups in total. The Morgan fingerprint density at radius 2 is 1.70 bits per heavy atom. The first-order valence-corrected chi connectivity index (χ1v) is 17.6. The van der Waals surface area contributed by atoms with E-state index in [1.165, 1.54) is 0 Å². The normalized spacial score (nSPS) is 35.6. The van der Waals surface area contributed by atoms with Crippen molar-refractivity contribution < 1.29 is 33.3 Å². The van der Waals surface area contributed by atoms with Gasteiger partial charge in [-0.15, -0.1) is 0 Å². The van der Waals surface area contributed by atoms with Crippen LogP contribution in [0.5, 0.6) is 0 Å². The molecule has 0 bridgehead atoms. The number of piperazine rings is 1. The molecule has 8 atom stereocenters. The quantitative estimate of drug-likeness (QED) is 0.321. The molecule has 3 fully saturated rings. The van der Waals surface area contributed by atoms with E-state index in [2.05, 4.69) is 55.0 Å². The van der Waals surface area contributed by atoms with E-state index < -0.39 is 35.3 Å². The molecule has 12 heteroatoms. The molecule has 0 saturated carbocycles. The van der Waals surface area contributed by atoms with E-state index in [-0.39, 0.29) is 48.6 Å². The molecule has 3 aliphatic heterocycles. The molecule has 12 nitrogen and oxygen atoms in total. The second-order valence-electron chi connectivity index (χ2n) is 15.7. The van der Waals surface area contributed by atoms with E-state index in [9.17, 15) is 14.4 Å². The van der Waals surface area contributed by atoms with E-state index in [1.54, 1.807) is 21.0 Å². The Hall–Kier alpha value is -1.83. The smallest absolute Gasteiger partial charge is 0.319 e. The molecule has 0 aromatic carbocycles. The first kappa shape index (κ1) is 39.6. The number of Topliss-reactive ketones (excluding diaryl/α,β-unsaturated/α-hetero) is 1. The largest absolute Gasteiger partial charge is 0.463 e. The number of carbonyl (C=O) groups excluding carboxylic acids is 3. The maximum Gasteiger partial charge on any atom is 0.319 e. The Bertz CT molecular complexity index is 1050. The summed E-state index contributed by atoms with van der Waals surface area (Å²) in [5, 5.41) is 2.98. The molecular weight excluding hydrogens is 602 g/mol. The molecular formula is C35H65N5O7. The third-order valence-corrected chi connectivity index (χ3v) is 10.5. The predicted octanol–water partition coefficient (Wildman–Crippen LogP) is 3.08. The zero-order valence-corrected chi connectivity index (χ0v) is 31.3. The number of ketones is 1. The molecule has 47 heavy (non-hydrogen) atoms. The van der Waals surface area contributed by atoms with Gasteiger partial charge in [-0.1, -0.05) is 13.8 Å². The van der Waals surface area contributed by atoms with Gasteiger partial charge >= 0.3 is 12.0 Å². The van der Waals surface area contributed by atoms with Gasteiger partial charge in [0.1, 0.15) is 12.0 Å². The summed E-state index contributed by atoms with van der Waals surface area (Å²) in [4.78, 5) is 49.0. The highest BCUT2D eigenvalue weighted by atomic mass is 16.7. The number of likely N-dealkylation sites (N-methyl/N-ethyl adjacent to an activating group) is 1. The molecule has 0 aliphatic carbocycles. The lowest BCUT2D eigenvalue weighted by atomic mass is 9.74. The van der Waals surface area contributed by atoms with Gasteiger partial charge in [0.2, 0.25) is 0 Å². The molecule has 0 spiro atoms. The lowest BCUT2D eigenvalue weighted by Crippen LogP contribution is -2.56. The lowest BCUT2D eigenvalue weighted by molar-refractivity contribution is -0.263. The van der Waals surface area contributed by atoms with Gasteiger partial charge < -0.3 is 34.1 Å². The Balaban J connectivity index is 1.84. The third kappa shape index (κ3) is 10.3. The molecule has 272 valence electrons. The average Bonchev–Trinajstić information content (AvgIpc) is 2.99. The molecule has 3 heterocycles. The van der Waals surface area contributed by atoms with Crippen LogP contribution in [0.15, 0.2) is 0 Å². The number of methoxy groups -OCH3 is 1. The number of hydrogen-bond acceptors (Lipinski definition) is 10. The minimum Gasteiger partial charge on any atom is -0.463 e. The van der Waals surface area contributed by atoms with Gasteiger partial charge in [-0.05, 0) is 81.4 Å². The van der Waals surface area contributed by atoms with Crippen molar-refractivity contribution in [3.63, 3.8) is 0 Å². The van der Waals surface area contributed by atoms with Crippen LogP contribution in [-0.4, -0.2) is 154 Å². The fourth-order valence-corrected chi connectivity index (χ4v) is 7.50. The third-order valence-electron chi connectivity index (χ3n) is 10.5. The highest BCUT2D eigenvalue weighted by Gasteiger charge is 2.50. The van der Waals surface area contributed by atoms with Gasteiger partial charge in [-0.3, -0.25) is 19.4 Å². The van der Waals surface area contributed by atoms with Crippen molar-refractivity contribution in [3.05, 3.63) is 0 Å². The lowest BCUT2D eigenvalue weighted by Gasteiger charge is -2.45. The van der Waals surface area contributed by atoms with E-state index in [1.807, 2.05) is 32.6 Å². The van der Waals surface area contributed by atoms with Crippen LogP contribution in [-0.2, 0) is 28.5 Å². The number of cyclic esters (lactones) is 1. The number of amides is 2. The van der Waals surface area contributed by atoms with Crippen LogP contribution in [0.4, 0.5) is 4.79 Å². The van der Waals surface area contributed by atoms with Gasteiger partial charge in [0, 0.05) is 70.8 Å². The van der Waals surface area contributed by atoms with Gasteiger partial charge in [0.25, 0.3) is 0 Å². The first-order valence-electron chi connectivity index (χ1n) is 17.6. The summed E-state index contributed by atoms with van der Waals surface area (Å²) in [5.74, 6) is -1.27. The monoisotopic (exact) mass is 667 g/mol. The van der Waals surface area contributed by atoms with Gasteiger partial charge in [0.15, 0.2) is 12.1 Å². The molecule has 2 amide bonds. The maximum absolute atomic E-state index is 14.2. The van der Waals surface area contributed by atoms with E-state index in [0.717, 1.165) is 26.1 Å². The minimum absolute atomic E-state index is 0.00631. The molecule has 0 unspecified atom stereocenters. The molecule has 3 rings (SSSR count). The first-order chi connectivity index (χ1) is 21.9. The molecule has 0 aromatic heterocycles. The Kier molecular flexibility index (Phi) is 14.1. The van der Waals surface area contributed by atoms with E-state index >= 15 is 0 Å². The van der Waals surface area contributed by atoms with Crippen molar-refractivity contribution in [1.29, 1.82) is 0 Å². The van der Waals surface area contributed by atoms with Crippen molar-refractivity contribution in [2.75, 3.05) is 74.1 Å². The van der Waals surface area contributed by atoms with Crippen molar-refractivity contribution in [2.45, 2.75) is 117 Å². The number of rotatable bonds is 7. The SMILES string of the molecule is CO[C@]1(C)C[C@@H](C)CN(C)[C@@H](CN2CCN(C(=O)NC(C)C)CC2)COC(=O)C(C)(C)C(=O)[C@H](C)[C@H]1O[C@H]1C[C@@H](N(C)C)C[C@@H](C)O1. The number of nitrogens with one attached hydrogen (secondary N) is 1. The van der Waals surface area contributed by atoms with Gasteiger partial charge in [-0.25, -0.2) is 4.79 Å². The fourth-order valence-electron chi connectivity index (χ4n) is 7.50. The number of hydrogen-bond donors (Lipinski definition) is 1. The van der Waals surface area contributed by atoms with E-state index in [0.29, 0.717) is 32.5 Å². The topological polar surface area (TPSA) is 113 Å². The Morgan fingerprint density at radius 1 is 1.06 bits per heavy atom. The molecule has 0 radical (unpaired) electrons. The van der Waals surface area contributed by atoms with Crippen LogP contribution >= 0.6 is 0 Å². The highest BCUT2D eigenvalue weighted by Crippen LogP contribution is 2.38. The van der Waals surface area contributed by atoms with E-state index in [4.69, 9.17) is 18.9 Å². The second-order valence-corrected chi connectivity index (χ2v) is 15.7. The predicted molar refractivity (Wildman–Crippen MR) is 182 cm³/mol. The van der Waals surface area contributed by atoms with Crippen LogP contribution in [0.1, 0.15) is 74.7 Å². The maximum atomic E-state index is 14.2.